The molecule has 0 saturated carbocycles. The molecule has 6 heteroatoms. The minimum atomic E-state index is -3.77. The average Bonchev–Trinajstić information content (AvgIpc) is 2.42. The predicted octanol–water partition coefficient (Wildman–Crippen LogP) is 2.35. The second kappa shape index (κ2) is 6.42. The summed E-state index contributed by atoms with van der Waals surface area (Å²) in [5, 5.41) is 2.92. The molecule has 1 N–H and O–H groups in total. The number of hydrogen-bond acceptors (Lipinski definition) is 3. The van der Waals surface area contributed by atoms with Crippen LogP contribution in [-0.4, -0.2) is 32.4 Å². The van der Waals surface area contributed by atoms with Crippen molar-refractivity contribution in [2.75, 3.05) is 13.6 Å². The lowest BCUT2D eigenvalue weighted by molar-refractivity contribution is 0.202. The number of nitrogens with one attached hydrogen (secondary N) is 1. The molecule has 0 bridgehead atoms. The Morgan fingerprint density at radius 1 is 1.38 bits per heavy atom. The van der Waals surface area contributed by atoms with Crippen molar-refractivity contribution in [1.82, 2.24) is 9.62 Å². The van der Waals surface area contributed by atoms with E-state index in [2.05, 4.69) is 5.32 Å². The Morgan fingerprint density at radius 3 is 2.71 bits per heavy atom. The number of sulfonamides is 1. The van der Waals surface area contributed by atoms with Crippen LogP contribution in [0.25, 0.3) is 0 Å². The second-order valence-electron chi connectivity index (χ2n) is 5.77. The van der Waals surface area contributed by atoms with Crippen LogP contribution in [0.15, 0.2) is 23.1 Å². The van der Waals surface area contributed by atoms with E-state index in [0.29, 0.717) is 19.0 Å². The molecular formula is C15H23FN2O2S. The third-order valence-corrected chi connectivity index (χ3v) is 6.30. The summed E-state index contributed by atoms with van der Waals surface area (Å²) >= 11 is 0. The molecule has 1 saturated heterocycles. The molecule has 1 aliphatic heterocycles. The first-order valence-electron chi connectivity index (χ1n) is 7.32. The maximum absolute atomic E-state index is 14.2. The van der Waals surface area contributed by atoms with Crippen molar-refractivity contribution < 1.29 is 12.8 Å². The van der Waals surface area contributed by atoms with Gasteiger partial charge in [0.25, 0.3) is 0 Å². The number of nitrogens with zero attached hydrogens (tertiary/aromatic N) is 1. The number of rotatable bonds is 4. The van der Waals surface area contributed by atoms with Gasteiger partial charge in [-0.25, -0.2) is 12.8 Å². The van der Waals surface area contributed by atoms with Crippen LogP contribution < -0.4 is 5.32 Å². The lowest BCUT2D eigenvalue weighted by Gasteiger charge is -2.36. The average molecular weight is 314 g/mol. The van der Waals surface area contributed by atoms with E-state index in [1.54, 1.807) is 13.1 Å². The lowest BCUT2D eigenvalue weighted by atomic mass is 9.94. The zero-order chi connectivity index (χ0) is 15.6. The maximum Gasteiger partial charge on any atom is 0.246 e. The maximum atomic E-state index is 14.2. The SMILES string of the molecule is CNCc1ccc(S(=O)(=O)N2CCCC(C)C2C)c(F)c1. The molecule has 2 unspecified atom stereocenters. The molecule has 1 aliphatic rings. The number of hydrogen-bond donors (Lipinski definition) is 1. The molecule has 1 aromatic carbocycles. The highest BCUT2D eigenvalue weighted by Gasteiger charge is 2.35. The highest BCUT2D eigenvalue weighted by molar-refractivity contribution is 7.89. The fourth-order valence-electron chi connectivity index (χ4n) is 2.83. The van der Waals surface area contributed by atoms with Crippen LogP contribution in [0.1, 0.15) is 32.3 Å². The molecule has 0 amide bonds. The molecule has 2 atom stereocenters. The van der Waals surface area contributed by atoms with Crippen LogP contribution in [0.3, 0.4) is 0 Å². The first-order valence-corrected chi connectivity index (χ1v) is 8.76. The topological polar surface area (TPSA) is 49.4 Å². The van der Waals surface area contributed by atoms with Crippen LogP contribution in [0.2, 0.25) is 0 Å². The molecule has 0 aromatic heterocycles. The molecule has 21 heavy (non-hydrogen) atoms. The van der Waals surface area contributed by atoms with Gasteiger partial charge in [-0.05, 0) is 50.4 Å². The third kappa shape index (κ3) is 3.27. The van der Waals surface area contributed by atoms with Crippen molar-refractivity contribution in [1.29, 1.82) is 0 Å². The Morgan fingerprint density at radius 2 is 2.10 bits per heavy atom. The number of piperidine rings is 1. The first-order chi connectivity index (χ1) is 9.87. The summed E-state index contributed by atoms with van der Waals surface area (Å²) in [6.45, 7) is 4.91. The summed E-state index contributed by atoms with van der Waals surface area (Å²) in [4.78, 5) is -0.219. The van der Waals surface area contributed by atoms with Gasteiger partial charge in [-0.3, -0.25) is 0 Å². The lowest BCUT2D eigenvalue weighted by Crippen LogP contribution is -2.46. The quantitative estimate of drug-likeness (QED) is 0.928. The summed E-state index contributed by atoms with van der Waals surface area (Å²) in [6.07, 6.45) is 1.83. The summed E-state index contributed by atoms with van der Waals surface area (Å²) < 4.78 is 41.1. The van der Waals surface area contributed by atoms with Crippen molar-refractivity contribution in [3.8, 4) is 0 Å². The van der Waals surface area contributed by atoms with E-state index in [1.165, 1.54) is 16.4 Å². The standard InChI is InChI=1S/C15H23FN2O2S/c1-11-5-4-8-18(12(11)2)21(19,20)15-7-6-13(10-17-3)9-14(15)16/h6-7,9,11-12,17H,4-5,8,10H2,1-3H3. The molecule has 0 spiro atoms. The van der Waals surface area contributed by atoms with E-state index < -0.39 is 15.8 Å². The van der Waals surface area contributed by atoms with E-state index in [1.807, 2.05) is 13.8 Å². The zero-order valence-corrected chi connectivity index (χ0v) is 13.6. The van der Waals surface area contributed by atoms with Crippen molar-refractivity contribution in [2.45, 2.75) is 44.2 Å². The Labute approximate surface area is 126 Å². The fraction of sp³-hybridized carbons (Fsp3) is 0.600. The summed E-state index contributed by atoms with van der Waals surface area (Å²) in [6, 6.07) is 4.23. The van der Waals surface area contributed by atoms with Crippen LogP contribution >= 0.6 is 0 Å². The van der Waals surface area contributed by atoms with Gasteiger partial charge in [0.15, 0.2) is 0 Å². The van der Waals surface area contributed by atoms with Crippen LogP contribution in [0.4, 0.5) is 4.39 Å². The van der Waals surface area contributed by atoms with Crippen molar-refractivity contribution in [3.05, 3.63) is 29.6 Å². The molecule has 2 rings (SSSR count). The second-order valence-corrected chi connectivity index (χ2v) is 7.63. The number of benzene rings is 1. The van der Waals surface area contributed by atoms with E-state index in [9.17, 15) is 12.8 Å². The van der Waals surface area contributed by atoms with Gasteiger partial charge in [-0.2, -0.15) is 4.31 Å². The van der Waals surface area contributed by atoms with E-state index in [4.69, 9.17) is 0 Å². The van der Waals surface area contributed by atoms with E-state index in [-0.39, 0.29) is 10.9 Å². The summed E-state index contributed by atoms with van der Waals surface area (Å²) in [7, 11) is -2.01. The highest BCUT2D eigenvalue weighted by atomic mass is 32.2. The van der Waals surface area contributed by atoms with E-state index in [0.717, 1.165) is 18.4 Å². The van der Waals surface area contributed by atoms with Gasteiger partial charge in [-0.1, -0.05) is 13.0 Å². The normalized spacial score (nSPS) is 24.2. The van der Waals surface area contributed by atoms with Gasteiger partial charge in [0.05, 0.1) is 0 Å². The minimum absolute atomic E-state index is 0.0971. The van der Waals surface area contributed by atoms with E-state index >= 15 is 0 Å². The fourth-order valence-corrected chi connectivity index (χ4v) is 4.64. The van der Waals surface area contributed by atoms with Crippen LogP contribution in [-0.2, 0) is 16.6 Å². The van der Waals surface area contributed by atoms with Gasteiger partial charge in [0, 0.05) is 19.1 Å². The van der Waals surface area contributed by atoms with Crippen molar-refractivity contribution >= 4 is 10.0 Å². The van der Waals surface area contributed by atoms with Gasteiger partial charge in [-0.15, -0.1) is 0 Å². The largest absolute Gasteiger partial charge is 0.316 e. The van der Waals surface area contributed by atoms with Gasteiger partial charge < -0.3 is 5.32 Å². The van der Waals surface area contributed by atoms with Gasteiger partial charge in [0.1, 0.15) is 10.7 Å². The summed E-state index contributed by atoms with van der Waals surface area (Å²) in [5.74, 6) is -0.381. The minimum Gasteiger partial charge on any atom is -0.316 e. The third-order valence-electron chi connectivity index (χ3n) is 4.28. The Kier molecular flexibility index (Phi) is 5.01. The van der Waals surface area contributed by atoms with Gasteiger partial charge >= 0.3 is 0 Å². The molecule has 1 aromatic rings. The molecule has 118 valence electrons. The highest BCUT2D eigenvalue weighted by Crippen LogP contribution is 2.30. The van der Waals surface area contributed by atoms with Gasteiger partial charge in [0.2, 0.25) is 10.0 Å². The molecule has 1 heterocycles. The van der Waals surface area contributed by atoms with Crippen LogP contribution in [0.5, 0.6) is 0 Å². The molecule has 1 fully saturated rings. The molecule has 0 radical (unpaired) electrons. The molecular weight excluding hydrogens is 291 g/mol. The first kappa shape index (κ1) is 16.4. The summed E-state index contributed by atoms with van der Waals surface area (Å²) in [5.41, 5.74) is 0.731. The molecule has 0 aliphatic carbocycles. The Bertz CT molecular complexity index is 604. The zero-order valence-electron chi connectivity index (χ0n) is 12.8. The van der Waals surface area contributed by atoms with Crippen molar-refractivity contribution in [2.24, 2.45) is 5.92 Å². The Balaban J connectivity index is 2.35. The predicted molar refractivity (Wildman–Crippen MR) is 80.9 cm³/mol. The molecule has 4 nitrogen and oxygen atoms in total. The van der Waals surface area contributed by atoms with Crippen LogP contribution in [0, 0.1) is 11.7 Å². The number of halogens is 1. The monoisotopic (exact) mass is 314 g/mol. The smallest absolute Gasteiger partial charge is 0.246 e. The van der Waals surface area contributed by atoms with Crippen molar-refractivity contribution in [3.63, 3.8) is 0 Å². The Hall–Kier alpha value is -0.980.